The van der Waals surface area contributed by atoms with Crippen molar-refractivity contribution in [2.45, 2.75) is 0 Å². The second-order valence-electron chi connectivity index (χ2n) is 16.4. The van der Waals surface area contributed by atoms with E-state index < -0.39 is 0 Å². The fourth-order valence-corrected chi connectivity index (χ4v) is 11.6. The van der Waals surface area contributed by atoms with E-state index in [1.807, 2.05) is 0 Å². The molecule has 9 aromatic carbocycles. The normalized spacial score (nSPS) is 13.1. The van der Waals surface area contributed by atoms with Gasteiger partial charge in [0.25, 0.3) is 6.71 Å². The van der Waals surface area contributed by atoms with Gasteiger partial charge < -0.3 is 18.3 Å². The maximum atomic E-state index is 2.62. The van der Waals surface area contributed by atoms with Crippen LogP contribution in [0.15, 0.2) is 188 Å². The van der Waals surface area contributed by atoms with Gasteiger partial charge in [0, 0.05) is 65.7 Å². The van der Waals surface area contributed by atoms with Crippen molar-refractivity contribution in [2.24, 2.45) is 0 Å². The Kier molecular flexibility index (Phi) is 5.46. The summed E-state index contributed by atoms with van der Waals surface area (Å²) >= 11 is 0. The van der Waals surface area contributed by atoms with Crippen LogP contribution in [-0.4, -0.2) is 25.0 Å². The smallest absolute Gasteiger partial charge is 0.254 e. The predicted octanol–water partition coefficient (Wildman–Crippen LogP) is 11.2. The van der Waals surface area contributed by atoms with Gasteiger partial charge in [0.1, 0.15) is 0 Å². The Hall–Kier alpha value is -7.76. The van der Waals surface area contributed by atoms with Crippen LogP contribution < -0.4 is 16.4 Å². The van der Waals surface area contributed by atoms with E-state index in [-0.39, 0.29) is 6.71 Å². The Morgan fingerprint density at radius 2 is 0.695 bits per heavy atom. The van der Waals surface area contributed by atoms with Crippen molar-refractivity contribution in [2.75, 3.05) is 0 Å². The Balaban J connectivity index is 1.22. The van der Waals surface area contributed by atoms with E-state index >= 15 is 0 Å². The molecule has 59 heavy (non-hydrogen) atoms. The highest BCUT2D eigenvalue weighted by Gasteiger charge is 2.43. The van der Waals surface area contributed by atoms with Crippen LogP contribution in [0.3, 0.4) is 0 Å². The van der Waals surface area contributed by atoms with Gasteiger partial charge in [-0.2, -0.15) is 0 Å². The molecular formula is C54H31BN4. The van der Waals surface area contributed by atoms with Gasteiger partial charge in [-0.05, 0) is 77.1 Å². The van der Waals surface area contributed by atoms with E-state index in [1.54, 1.807) is 0 Å². The highest BCUT2D eigenvalue weighted by atomic mass is 15.1. The molecule has 4 aromatic heterocycles. The summed E-state index contributed by atoms with van der Waals surface area (Å²) in [6, 6.07) is 70.3. The number of rotatable bonds is 2. The highest BCUT2D eigenvalue weighted by Crippen LogP contribution is 2.44. The van der Waals surface area contributed by atoms with Gasteiger partial charge in [-0.3, -0.25) is 0 Å². The SMILES string of the molecule is c1ccc(-n2c3ccccc3c3cc4c5ccccc5n5c4c(c32)B2c3c(cc(-n4c6ccccc6c6ccccc64)cc3-5)-n3c4ccccc4c4cccc2c43)cc1. The first-order valence-electron chi connectivity index (χ1n) is 20.6. The minimum Gasteiger partial charge on any atom is -0.310 e. The van der Waals surface area contributed by atoms with Crippen molar-refractivity contribution in [3.05, 3.63) is 188 Å². The lowest BCUT2D eigenvalue weighted by atomic mass is 9.34. The number of hydrogen-bond donors (Lipinski definition) is 0. The lowest BCUT2D eigenvalue weighted by Crippen LogP contribution is -2.59. The first kappa shape index (κ1) is 30.4. The average molecular weight is 747 g/mol. The summed E-state index contributed by atoms with van der Waals surface area (Å²) < 4.78 is 10.3. The van der Waals surface area contributed by atoms with Crippen LogP contribution in [-0.2, 0) is 0 Å². The molecule has 2 aliphatic rings. The van der Waals surface area contributed by atoms with Gasteiger partial charge in [-0.25, -0.2) is 0 Å². The summed E-state index contributed by atoms with van der Waals surface area (Å²) in [5, 5.41) is 10.3. The topological polar surface area (TPSA) is 19.7 Å². The summed E-state index contributed by atoms with van der Waals surface area (Å²) in [6.07, 6.45) is 0. The van der Waals surface area contributed by atoms with Crippen molar-refractivity contribution < 1.29 is 0 Å². The summed E-state index contributed by atoms with van der Waals surface area (Å²) in [4.78, 5) is 0. The fourth-order valence-electron chi connectivity index (χ4n) is 11.6. The second-order valence-corrected chi connectivity index (χ2v) is 16.4. The van der Waals surface area contributed by atoms with Crippen LogP contribution in [0.1, 0.15) is 0 Å². The summed E-state index contributed by atoms with van der Waals surface area (Å²) in [7, 11) is 0. The number of aromatic nitrogens is 4. The average Bonchev–Trinajstić information content (AvgIpc) is 4.03. The Bertz CT molecular complexity index is 3970. The van der Waals surface area contributed by atoms with Crippen LogP contribution in [0.2, 0.25) is 0 Å². The number of benzene rings is 9. The summed E-state index contributed by atoms with van der Waals surface area (Å²) in [5.74, 6) is 0. The van der Waals surface area contributed by atoms with Crippen LogP contribution in [0.4, 0.5) is 0 Å². The number of hydrogen-bond acceptors (Lipinski definition) is 0. The molecule has 0 aliphatic carbocycles. The Morgan fingerprint density at radius 3 is 1.27 bits per heavy atom. The van der Waals surface area contributed by atoms with Crippen LogP contribution >= 0.6 is 0 Å². The maximum absolute atomic E-state index is 2.62. The molecule has 5 heteroatoms. The first-order valence-corrected chi connectivity index (χ1v) is 20.6. The summed E-state index contributed by atoms with van der Waals surface area (Å²) in [6.45, 7) is -0.0255. The van der Waals surface area contributed by atoms with Crippen molar-refractivity contribution in [3.63, 3.8) is 0 Å². The van der Waals surface area contributed by atoms with Gasteiger partial charge >= 0.3 is 0 Å². The molecule has 0 bridgehead atoms. The third-order valence-corrected chi connectivity index (χ3v) is 13.7. The molecule has 0 fully saturated rings. The molecular weight excluding hydrogens is 715 g/mol. The van der Waals surface area contributed by atoms with E-state index in [1.165, 1.54) is 121 Å². The zero-order valence-electron chi connectivity index (χ0n) is 31.8. The predicted molar refractivity (Wildman–Crippen MR) is 248 cm³/mol. The van der Waals surface area contributed by atoms with Crippen molar-refractivity contribution in [1.29, 1.82) is 0 Å². The third-order valence-electron chi connectivity index (χ3n) is 13.7. The van der Waals surface area contributed by atoms with Crippen molar-refractivity contribution >= 4 is 110 Å². The van der Waals surface area contributed by atoms with E-state index in [0.29, 0.717) is 0 Å². The van der Waals surface area contributed by atoms with Crippen LogP contribution in [0.25, 0.3) is 110 Å². The molecule has 0 unspecified atom stereocenters. The van der Waals surface area contributed by atoms with Gasteiger partial charge in [-0.1, -0.05) is 127 Å². The molecule has 6 heterocycles. The van der Waals surface area contributed by atoms with Crippen molar-refractivity contribution in [3.8, 4) is 22.7 Å². The molecule has 0 spiro atoms. The second kappa shape index (κ2) is 10.6. The number of para-hydroxylation sites is 7. The minimum absolute atomic E-state index is 0.0255. The monoisotopic (exact) mass is 746 g/mol. The fraction of sp³-hybridized carbons (Fsp3) is 0. The maximum Gasteiger partial charge on any atom is 0.254 e. The van der Waals surface area contributed by atoms with Crippen LogP contribution in [0.5, 0.6) is 0 Å². The molecule has 0 radical (unpaired) electrons. The van der Waals surface area contributed by atoms with Gasteiger partial charge in [-0.15, -0.1) is 0 Å². The molecule has 270 valence electrons. The zero-order valence-corrected chi connectivity index (χ0v) is 31.8. The molecule has 0 N–H and O–H groups in total. The molecule has 0 saturated heterocycles. The molecule has 0 saturated carbocycles. The zero-order chi connectivity index (χ0) is 38.1. The largest absolute Gasteiger partial charge is 0.310 e. The molecule has 0 amide bonds. The Morgan fingerprint density at radius 1 is 0.271 bits per heavy atom. The van der Waals surface area contributed by atoms with Gasteiger partial charge in [0.2, 0.25) is 0 Å². The quantitative estimate of drug-likeness (QED) is 0.157. The number of fused-ring (bicyclic) bond motifs is 17. The van der Waals surface area contributed by atoms with E-state index in [2.05, 4.69) is 206 Å². The minimum atomic E-state index is -0.0255. The van der Waals surface area contributed by atoms with Gasteiger partial charge in [0.15, 0.2) is 0 Å². The molecule has 0 atom stereocenters. The highest BCUT2D eigenvalue weighted by molar-refractivity contribution is 7.01. The van der Waals surface area contributed by atoms with Crippen LogP contribution in [0, 0.1) is 0 Å². The molecule has 15 rings (SSSR count). The number of nitrogens with zero attached hydrogens (tertiary/aromatic N) is 4. The lowest BCUT2D eigenvalue weighted by Gasteiger charge is -2.35. The third kappa shape index (κ3) is 3.56. The van der Waals surface area contributed by atoms with Crippen molar-refractivity contribution in [1.82, 2.24) is 18.3 Å². The standard InChI is InChI=1S/C54H31BN4/c1-2-15-32(16-3-1)57-45-26-11-7-20-37(45)40-31-41-38-21-8-13-28-47(38)59-49-30-33(56-43-24-9-4-17-34(43)35-18-5-10-25-44(35)56)29-48-50(49)55(51(53(40)57)54(41)59)42-23-14-22-39-36-19-6-12-27-46(36)58(48)52(39)42/h1-31H. The Labute approximate surface area is 338 Å². The van der Waals surface area contributed by atoms with E-state index in [9.17, 15) is 0 Å². The molecule has 4 nitrogen and oxygen atoms in total. The lowest BCUT2D eigenvalue weighted by molar-refractivity contribution is 1.10. The van der Waals surface area contributed by atoms with E-state index in [0.717, 1.165) is 5.69 Å². The molecule has 2 aliphatic heterocycles. The van der Waals surface area contributed by atoms with E-state index in [4.69, 9.17) is 0 Å². The summed E-state index contributed by atoms with van der Waals surface area (Å²) in [5.41, 5.74) is 18.9. The van der Waals surface area contributed by atoms with Gasteiger partial charge in [0.05, 0.1) is 44.3 Å². The molecule has 13 aromatic rings. The first-order chi connectivity index (χ1) is 29.3.